The molecule has 2 fully saturated rings. The van der Waals surface area contributed by atoms with Crippen molar-refractivity contribution in [3.63, 3.8) is 0 Å². The lowest BCUT2D eigenvalue weighted by Gasteiger charge is -2.30. The van der Waals surface area contributed by atoms with Gasteiger partial charge in [0, 0.05) is 11.3 Å². The Balaban J connectivity index is 0.000000517. The van der Waals surface area contributed by atoms with Crippen LogP contribution in [0.2, 0.25) is 0 Å². The summed E-state index contributed by atoms with van der Waals surface area (Å²) in [4.78, 5) is 22.0. The number of allylic oxidation sites excluding steroid dienone is 1. The van der Waals surface area contributed by atoms with E-state index in [0.717, 1.165) is 61.2 Å². The first-order chi connectivity index (χ1) is 20.0. The molecular weight excluding hydrogens is 556 g/mol. The molecule has 0 radical (unpaired) electrons. The van der Waals surface area contributed by atoms with Gasteiger partial charge in [-0.1, -0.05) is 36.4 Å². The molecule has 3 heterocycles. The molecule has 226 valence electrons. The van der Waals surface area contributed by atoms with Gasteiger partial charge in [0.05, 0.1) is 24.3 Å². The van der Waals surface area contributed by atoms with E-state index in [1.165, 1.54) is 30.5 Å². The van der Waals surface area contributed by atoms with Gasteiger partial charge in [-0.3, -0.25) is 14.4 Å². The third-order valence-electron chi connectivity index (χ3n) is 7.57. The highest BCUT2D eigenvalue weighted by atomic mass is 19.4. The van der Waals surface area contributed by atoms with Gasteiger partial charge in [-0.25, -0.2) is 9.18 Å². The van der Waals surface area contributed by atoms with Crippen LogP contribution >= 0.6 is 0 Å². The fourth-order valence-corrected chi connectivity index (χ4v) is 5.34. The van der Waals surface area contributed by atoms with E-state index in [1.54, 1.807) is 0 Å². The van der Waals surface area contributed by atoms with Crippen LogP contribution in [0.25, 0.3) is 17.0 Å². The number of halogens is 4. The van der Waals surface area contributed by atoms with E-state index in [-0.39, 0.29) is 12.4 Å². The SMILES string of the molecule is O=C(O)C(F)(F)F.O=C(O)CN1CCC(c2nn(Cc3ccc(F)cc3)c3cc(C=CC4CCNCC4)ccc23)CC1. The Hall–Kier alpha value is -3.77. The Kier molecular flexibility index (Phi) is 10.3. The van der Waals surface area contributed by atoms with E-state index < -0.39 is 18.1 Å². The number of piperidine rings is 2. The Morgan fingerprint density at radius 1 is 1.00 bits per heavy atom. The molecule has 0 unspecified atom stereocenters. The van der Waals surface area contributed by atoms with Crippen LogP contribution in [0.15, 0.2) is 48.5 Å². The van der Waals surface area contributed by atoms with Gasteiger partial charge >= 0.3 is 18.1 Å². The van der Waals surface area contributed by atoms with Crippen molar-refractivity contribution in [3.05, 3.63) is 71.2 Å². The van der Waals surface area contributed by atoms with Crippen LogP contribution in [0, 0.1) is 11.7 Å². The second-order valence-electron chi connectivity index (χ2n) is 10.6. The van der Waals surface area contributed by atoms with Crippen LogP contribution in [-0.2, 0) is 16.1 Å². The maximum Gasteiger partial charge on any atom is 0.490 e. The number of nitrogens with zero attached hydrogens (tertiary/aromatic N) is 3. The molecule has 3 N–H and O–H groups in total. The van der Waals surface area contributed by atoms with Crippen LogP contribution in [0.5, 0.6) is 0 Å². The monoisotopic (exact) mass is 590 g/mol. The molecule has 0 saturated carbocycles. The largest absolute Gasteiger partial charge is 0.490 e. The number of aliphatic carboxylic acids is 2. The second kappa shape index (κ2) is 13.9. The van der Waals surface area contributed by atoms with Crippen molar-refractivity contribution in [1.29, 1.82) is 0 Å². The minimum atomic E-state index is -5.08. The fraction of sp³-hybridized carbons (Fsp3) is 0.433. The van der Waals surface area contributed by atoms with E-state index in [9.17, 15) is 22.4 Å². The molecule has 2 aliphatic rings. The maximum atomic E-state index is 13.5. The van der Waals surface area contributed by atoms with Gasteiger partial charge in [-0.15, -0.1) is 0 Å². The first-order valence-corrected chi connectivity index (χ1v) is 13.9. The van der Waals surface area contributed by atoms with Gasteiger partial charge in [0.1, 0.15) is 5.82 Å². The number of carbonyl (C=O) groups is 2. The predicted molar refractivity (Wildman–Crippen MR) is 150 cm³/mol. The molecule has 0 bridgehead atoms. The molecule has 8 nitrogen and oxygen atoms in total. The Labute approximate surface area is 240 Å². The molecule has 1 aromatic heterocycles. The number of carboxylic acid groups (broad SMARTS) is 2. The molecule has 0 amide bonds. The fourth-order valence-electron chi connectivity index (χ4n) is 5.34. The van der Waals surface area contributed by atoms with E-state index in [4.69, 9.17) is 20.1 Å². The topological polar surface area (TPSA) is 108 Å². The molecule has 2 aromatic carbocycles. The van der Waals surface area contributed by atoms with E-state index in [2.05, 4.69) is 35.7 Å². The van der Waals surface area contributed by atoms with Crippen molar-refractivity contribution in [2.24, 2.45) is 5.92 Å². The first-order valence-electron chi connectivity index (χ1n) is 13.9. The number of fused-ring (bicyclic) bond motifs is 1. The molecule has 0 atom stereocenters. The zero-order chi connectivity index (χ0) is 30.3. The van der Waals surface area contributed by atoms with Crippen LogP contribution in [0.4, 0.5) is 17.6 Å². The van der Waals surface area contributed by atoms with Crippen molar-refractivity contribution in [1.82, 2.24) is 20.0 Å². The summed E-state index contributed by atoms with van der Waals surface area (Å²) in [7, 11) is 0. The quantitative estimate of drug-likeness (QED) is 0.328. The van der Waals surface area contributed by atoms with Crippen molar-refractivity contribution in [3.8, 4) is 0 Å². The van der Waals surface area contributed by atoms with Gasteiger partial charge < -0.3 is 15.5 Å². The van der Waals surface area contributed by atoms with Gasteiger partial charge in [0.25, 0.3) is 0 Å². The summed E-state index contributed by atoms with van der Waals surface area (Å²) < 4.78 is 47.2. The van der Waals surface area contributed by atoms with E-state index in [0.29, 0.717) is 18.4 Å². The maximum absolute atomic E-state index is 13.5. The third-order valence-corrected chi connectivity index (χ3v) is 7.57. The van der Waals surface area contributed by atoms with Gasteiger partial charge in [0.2, 0.25) is 0 Å². The van der Waals surface area contributed by atoms with E-state index >= 15 is 0 Å². The van der Waals surface area contributed by atoms with Gasteiger partial charge in [-0.2, -0.15) is 18.3 Å². The predicted octanol–water partition coefficient (Wildman–Crippen LogP) is 5.13. The first kappa shape index (κ1) is 31.2. The minimum Gasteiger partial charge on any atom is -0.480 e. The summed E-state index contributed by atoms with van der Waals surface area (Å²) >= 11 is 0. The molecule has 0 spiro atoms. The summed E-state index contributed by atoms with van der Waals surface area (Å²) in [5, 5.41) is 25.9. The number of carboxylic acids is 2. The van der Waals surface area contributed by atoms with Gasteiger partial charge in [-0.05, 0) is 87.1 Å². The molecule has 2 saturated heterocycles. The summed E-state index contributed by atoms with van der Waals surface area (Å²) in [5.41, 5.74) is 4.35. The van der Waals surface area contributed by atoms with Crippen LogP contribution in [0.3, 0.4) is 0 Å². The number of likely N-dealkylation sites (tertiary alicyclic amines) is 1. The number of aromatic nitrogens is 2. The standard InChI is InChI=1S/C28H33FN4O2.C2HF3O2/c29-24-6-3-22(4-7-24)18-33-26-17-21(2-1-20-9-13-30-14-10-20)5-8-25(26)28(31-33)23-11-15-32(16-12-23)19-27(34)35;3-2(4,5)1(6)7/h1-8,17,20,23,30H,9-16,18-19H2,(H,34,35);(H,6,7). The Morgan fingerprint density at radius 3 is 2.24 bits per heavy atom. The molecule has 2 aliphatic heterocycles. The average molecular weight is 591 g/mol. The molecular formula is C30H34F4N4O4. The van der Waals surface area contributed by atoms with Crippen molar-refractivity contribution in [2.45, 2.75) is 44.3 Å². The second-order valence-corrected chi connectivity index (χ2v) is 10.6. The van der Waals surface area contributed by atoms with E-state index in [1.807, 2.05) is 21.7 Å². The molecule has 0 aliphatic carbocycles. The lowest BCUT2D eigenvalue weighted by Crippen LogP contribution is -2.36. The third kappa shape index (κ3) is 8.62. The minimum absolute atomic E-state index is 0.0965. The number of nitrogens with one attached hydrogen (secondary N) is 1. The Morgan fingerprint density at radius 2 is 1.64 bits per heavy atom. The summed E-state index contributed by atoms with van der Waals surface area (Å²) in [6.07, 6.45) is 3.62. The van der Waals surface area contributed by atoms with Crippen molar-refractivity contribution < 1.29 is 37.4 Å². The molecule has 12 heteroatoms. The number of hydrogen-bond donors (Lipinski definition) is 3. The highest BCUT2D eigenvalue weighted by molar-refractivity contribution is 5.85. The summed E-state index contributed by atoms with van der Waals surface area (Å²) in [6.45, 7) is 4.36. The average Bonchev–Trinajstić information content (AvgIpc) is 3.31. The Bertz CT molecular complexity index is 1390. The van der Waals surface area contributed by atoms with Crippen LogP contribution in [0.1, 0.15) is 48.4 Å². The smallest absolute Gasteiger partial charge is 0.480 e. The zero-order valence-corrected chi connectivity index (χ0v) is 23.0. The molecule has 42 heavy (non-hydrogen) atoms. The van der Waals surface area contributed by atoms with Crippen molar-refractivity contribution >= 4 is 28.9 Å². The number of benzene rings is 2. The zero-order valence-electron chi connectivity index (χ0n) is 23.0. The lowest BCUT2D eigenvalue weighted by atomic mass is 9.91. The van der Waals surface area contributed by atoms with Crippen molar-refractivity contribution in [2.75, 3.05) is 32.7 Å². The van der Waals surface area contributed by atoms with Gasteiger partial charge in [0.15, 0.2) is 0 Å². The molecule has 5 rings (SSSR count). The highest BCUT2D eigenvalue weighted by Crippen LogP contribution is 2.33. The number of hydrogen-bond acceptors (Lipinski definition) is 5. The summed E-state index contributed by atoms with van der Waals surface area (Å²) in [6, 6.07) is 13.2. The molecule has 3 aromatic rings. The highest BCUT2D eigenvalue weighted by Gasteiger charge is 2.38. The number of alkyl halides is 3. The lowest BCUT2D eigenvalue weighted by molar-refractivity contribution is -0.192. The van der Waals surface area contributed by atoms with Crippen LogP contribution < -0.4 is 5.32 Å². The number of rotatable bonds is 7. The normalized spacial score (nSPS) is 17.3. The van der Waals surface area contributed by atoms with Crippen LogP contribution in [-0.4, -0.2) is 75.7 Å². The summed E-state index contributed by atoms with van der Waals surface area (Å²) in [5.74, 6) is -2.86.